The Morgan fingerprint density at radius 2 is 2.10 bits per heavy atom. The van der Waals surface area contributed by atoms with E-state index in [-0.39, 0.29) is 0 Å². The molecular weight excluding hydrogens is 318 g/mol. The van der Waals surface area contributed by atoms with Gasteiger partial charge in [0.1, 0.15) is 12.4 Å². The third kappa shape index (κ3) is 3.60. The van der Waals surface area contributed by atoms with Gasteiger partial charge >= 0.3 is 0 Å². The molecule has 0 unspecified atom stereocenters. The summed E-state index contributed by atoms with van der Waals surface area (Å²) in [6, 6.07) is 14.9. The summed E-state index contributed by atoms with van der Waals surface area (Å²) >= 11 is 3.38. The first-order valence-corrected chi connectivity index (χ1v) is 6.99. The zero-order valence-electron chi connectivity index (χ0n) is 11.0. The first-order valence-electron chi connectivity index (χ1n) is 6.19. The molecule has 1 N–H and O–H groups in total. The summed E-state index contributed by atoms with van der Waals surface area (Å²) in [5, 5.41) is 18.6. The molecule has 3 nitrogen and oxygen atoms in total. The van der Waals surface area contributed by atoms with Gasteiger partial charge in [0, 0.05) is 10.0 Å². The molecule has 0 amide bonds. The van der Waals surface area contributed by atoms with E-state index in [2.05, 4.69) is 22.0 Å². The predicted octanol–water partition coefficient (Wildman–Crippen LogP) is 3.95. The lowest BCUT2D eigenvalue weighted by molar-refractivity contribution is 0.190. The van der Waals surface area contributed by atoms with Gasteiger partial charge in [0.25, 0.3) is 0 Å². The van der Waals surface area contributed by atoms with Crippen LogP contribution in [0, 0.1) is 11.3 Å². The minimum absolute atomic E-state index is 0.358. The van der Waals surface area contributed by atoms with E-state index in [4.69, 9.17) is 10.00 Å². The minimum Gasteiger partial charge on any atom is -0.489 e. The molecule has 102 valence electrons. The average Bonchev–Trinajstić information content (AvgIpc) is 2.46. The Bertz CT molecular complexity index is 647. The lowest BCUT2D eigenvalue weighted by Gasteiger charge is -2.14. The van der Waals surface area contributed by atoms with Crippen molar-refractivity contribution in [1.82, 2.24) is 0 Å². The summed E-state index contributed by atoms with van der Waals surface area (Å²) in [7, 11) is 0. The highest BCUT2D eigenvalue weighted by Gasteiger charge is 2.10. The van der Waals surface area contributed by atoms with Crippen molar-refractivity contribution in [2.45, 2.75) is 19.6 Å². The molecule has 0 aliphatic carbocycles. The van der Waals surface area contributed by atoms with Crippen molar-refractivity contribution in [3.63, 3.8) is 0 Å². The second kappa shape index (κ2) is 6.56. The van der Waals surface area contributed by atoms with E-state index in [0.29, 0.717) is 17.9 Å². The standard InChI is InChI=1S/C16H14BrNO2/c1-11(19)15-8-14(17)5-6-16(15)20-10-13-4-2-3-12(7-13)9-18/h2-8,11,19H,10H2,1H3/t11-/m1/s1. The van der Waals surface area contributed by atoms with E-state index in [0.717, 1.165) is 15.6 Å². The molecule has 2 aromatic rings. The van der Waals surface area contributed by atoms with Crippen LogP contribution in [0.1, 0.15) is 29.7 Å². The van der Waals surface area contributed by atoms with Gasteiger partial charge in [-0.3, -0.25) is 0 Å². The monoisotopic (exact) mass is 331 g/mol. The first-order chi connectivity index (χ1) is 9.60. The third-order valence-electron chi connectivity index (χ3n) is 2.87. The van der Waals surface area contributed by atoms with Crippen LogP contribution < -0.4 is 4.74 Å². The van der Waals surface area contributed by atoms with Crippen molar-refractivity contribution in [2.24, 2.45) is 0 Å². The summed E-state index contributed by atoms with van der Waals surface area (Å²) in [5.41, 5.74) is 2.26. The van der Waals surface area contributed by atoms with Crippen molar-refractivity contribution >= 4 is 15.9 Å². The zero-order chi connectivity index (χ0) is 14.5. The molecule has 0 radical (unpaired) electrons. The number of hydrogen-bond donors (Lipinski definition) is 1. The highest BCUT2D eigenvalue weighted by atomic mass is 79.9. The smallest absolute Gasteiger partial charge is 0.125 e. The maximum atomic E-state index is 9.76. The van der Waals surface area contributed by atoms with Crippen LogP contribution in [0.5, 0.6) is 5.75 Å². The van der Waals surface area contributed by atoms with E-state index >= 15 is 0 Å². The van der Waals surface area contributed by atoms with Crippen molar-refractivity contribution in [2.75, 3.05) is 0 Å². The highest BCUT2D eigenvalue weighted by molar-refractivity contribution is 9.10. The molecule has 0 saturated carbocycles. The number of halogens is 1. The fraction of sp³-hybridized carbons (Fsp3) is 0.188. The van der Waals surface area contributed by atoms with Crippen LogP contribution in [-0.4, -0.2) is 5.11 Å². The van der Waals surface area contributed by atoms with Gasteiger partial charge in [-0.05, 0) is 42.8 Å². The topological polar surface area (TPSA) is 53.2 Å². The number of aliphatic hydroxyl groups excluding tert-OH is 1. The third-order valence-corrected chi connectivity index (χ3v) is 3.37. The number of nitrogens with zero attached hydrogens (tertiary/aromatic N) is 1. The Morgan fingerprint density at radius 1 is 1.30 bits per heavy atom. The molecule has 0 fully saturated rings. The van der Waals surface area contributed by atoms with Gasteiger partial charge in [0.2, 0.25) is 0 Å². The van der Waals surface area contributed by atoms with Gasteiger partial charge in [-0.15, -0.1) is 0 Å². The number of hydrogen-bond acceptors (Lipinski definition) is 3. The molecule has 2 rings (SSSR count). The Morgan fingerprint density at radius 3 is 2.80 bits per heavy atom. The van der Waals surface area contributed by atoms with Gasteiger partial charge in [-0.2, -0.15) is 5.26 Å². The fourth-order valence-electron chi connectivity index (χ4n) is 1.87. The number of ether oxygens (including phenoxy) is 1. The van der Waals surface area contributed by atoms with E-state index in [1.807, 2.05) is 30.3 Å². The van der Waals surface area contributed by atoms with Gasteiger partial charge in [-0.1, -0.05) is 28.1 Å². The molecule has 0 aromatic heterocycles. The molecule has 0 aliphatic heterocycles. The van der Waals surface area contributed by atoms with E-state index in [1.165, 1.54) is 0 Å². The van der Waals surface area contributed by atoms with Crippen LogP contribution in [0.2, 0.25) is 0 Å². The quantitative estimate of drug-likeness (QED) is 0.922. The number of nitriles is 1. The molecule has 2 aromatic carbocycles. The fourth-order valence-corrected chi connectivity index (χ4v) is 2.25. The van der Waals surface area contributed by atoms with Crippen LogP contribution >= 0.6 is 15.9 Å². The molecule has 1 atom stereocenters. The minimum atomic E-state index is -0.604. The van der Waals surface area contributed by atoms with E-state index in [9.17, 15) is 5.11 Å². The normalized spacial score (nSPS) is 11.7. The van der Waals surface area contributed by atoms with Gasteiger partial charge in [0.15, 0.2) is 0 Å². The van der Waals surface area contributed by atoms with E-state index < -0.39 is 6.10 Å². The Balaban J connectivity index is 2.16. The van der Waals surface area contributed by atoms with Crippen LogP contribution in [0.15, 0.2) is 46.9 Å². The largest absolute Gasteiger partial charge is 0.489 e. The van der Waals surface area contributed by atoms with Crippen LogP contribution in [0.4, 0.5) is 0 Å². The first kappa shape index (κ1) is 14.6. The summed E-state index contributed by atoms with van der Waals surface area (Å²) in [4.78, 5) is 0. The van der Waals surface area contributed by atoms with Crippen LogP contribution in [0.25, 0.3) is 0 Å². The Kier molecular flexibility index (Phi) is 4.78. The average molecular weight is 332 g/mol. The summed E-state index contributed by atoms with van der Waals surface area (Å²) < 4.78 is 6.64. The van der Waals surface area contributed by atoms with Crippen molar-refractivity contribution in [1.29, 1.82) is 5.26 Å². The number of aliphatic hydroxyl groups is 1. The molecule has 0 spiro atoms. The molecule has 0 bridgehead atoms. The maximum Gasteiger partial charge on any atom is 0.125 e. The van der Waals surface area contributed by atoms with Crippen molar-refractivity contribution in [3.8, 4) is 11.8 Å². The highest BCUT2D eigenvalue weighted by Crippen LogP contribution is 2.29. The lowest BCUT2D eigenvalue weighted by Crippen LogP contribution is -2.01. The summed E-state index contributed by atoms with van der Waals surface area (Å²) in [6.45, 7) is 2.06. The summed E-state index contributed by atoms with van der Waals surface area (Å²) in [5.74, 6) is 0.644. The van der Waals surface area contributed by atoms with Crippen LogP contribution in [0.3, 0.4) is 0 Å². The molecule has 0 saturated heterocycles. The predicted molar refractivity (Wildman–Crippen MR) is 80.3 cm³/mol. The maximum absolute atomic E-state index is 9.76. The van der Waals surface area contributed by atoms with Crippen molar-refractivity contribution < 1.29 is 9.84 Å². The van der Waals surface area contributed by atoms with Gasteiger partial charge in [-0.25, -0.2) is 0 Å². The zero-order valence-corrected chi connectivity index (χ0v) is 12.6. The van der Waals surface area contributed by atoms with Crippen molar-refractivity contribution in [3.05, 3.63) is 63.6 Å². The SMILES string of the molecule is C[C@@H](O)c1cc(Br)ccc1OCc1cccc(C#N)c1. The molecule has 0 heterocycles. The second-order valence-electron chi connectivity index (χ2n) is 4.46. The second-order valence-corrected chi connectivity index (χ2v) is 5.37. The molecule has 0 aliphatic rings. The van der Waals surface area contributed by atoms with Gasteiger partial charge < -0.3 is 9.84 Å². The Labute approximate surface area is 126 Å². The summed E-state index contributed by atoms with van der Waals surface area (Å²) in [6.07, 6.45) is -0.604. The Hall–Kier alpha value is -1.83. The number of benzene rings is 2. The van der Waals surface area contributed by atoms with Crippen LogP contribution in [-0.2, 0) is 6.61 Å². The van der Waals surface area contributed by atoms with Gasteiger partial charge in [0.05, 0.1) is 17.7 Å². The lowest BCUT2D eigenvalue weighted by atomic mass is 10.1. The molecular formula is C16H14BrNO2. The molecule has 4 heteroatoms. The van der Waals surface area contributed by atoms with E-state index in [1.54, 1.807) is 19.1 Å². The molecule has 20 heavy (non-hydrogen) atoms. The number of rotatable bonds is 4.